The molecule has 0 unspecified atom stereocenters. The molecule has 86 valence electrons. The first-order valence-electron chi connectivity index (χ1n) is 4.56. The molecule has 0 saturated heterocycles. The average Bonchev–Trinajstić information content (AvgIpc) is 2.23. The third-order valence-corrected chi connectivity index (χ3v) is 2.23. The molecule has 0 bridgehead atoms. The molecule has 0 radical (unpaired) electrons. The minimum absolute atomic E-state index is 0.0646. The van der Waals surface area contributed by atoms with Gasteiger partial charge < -0.3 is 10.5 Å². The average molecular weight is 224 g/mol. The number of rotatable bonds is 3. The quantitative estimate of drug-likeness (QED) is 0.360. The fraction of sp³-hybridized carbons (Fsp3) is 0.300. The Hall–Kier alpha value is -2.11. The summed E-state index contributed by atoms with van der Waals surface area (Å²) in [6, 6.07) is 2.66. The second kappa shape index (κ2) is 4.61. The summed E-state index contributed by atoms with van der Waals surface area (Å²) >= 11 is 0. The Morgan fingerprint density at radius 2 is 2.19 bits per heavy atom. The number of aryl methyl sites for hydroxylation is 1. The molecule has 0 spiro atoms. The van der Waals surface area contributed by atoms with Crippen molar-refractivity contribution in [1.29, 1.82) is 0 Å². The number of methoxy groups -OCH3 is 1. The lowest BCUT2D eigenvalue weighted by Gasteiger charge is -2.07. The number of nitrogens with two attached hydrogens (primary N) is 1. The maximum Gasteiger partial charge on any atom is 0.310 e. The Morgan fingerprint density at radius 3 is 2.69 bits per heavy atom. The number of carbonyl (C=O) groups is 1. The molecular formula is C10H12N2O4. The third kappa shape index (κ3) is 2.47. The van der Waals surface area contributed by atoms with E-state index >= 15 is 0 Å². The highest BCUT2D eigenvalue weighted by Gasteiger charge is 2.14. The molecule has 6 heteroatoms. The predicted octanol–water partition coefficient (Wildman–Crippen LogP) is 1.20. The van der Waals surface area contributed by atoms with E-state index in [0.29, 0.717) is 16.8 Å². The normalized spacial score (nSPS) is 9.88. The first-order chi connectivity index (χ1) is 7.45. The van der Waals surface area contributed by atoms with E-state index in [9.17, 15) is 14.9 Å². The van der Waals surface area contributed by atoms with Crippen LogP contribution in [0.25, 0.3) is 0 Å². The lowest BCUT2D eigenvalue weighted by molar-refractivity contribution is -0.384. The monoisotopic (exact) mass is 224 g/mol. The number of esters is 1. The summed E-state index contributed by atoms with van der Waals surface area (Å²) in [5.41, 5.74) is 7.02. The van der Waals surface area contributed by atoms with Crippen molar-refractivity contribution >= 4 is 17.3 Å². The van der Waals surface area contributed by atoms with E-state index in [1.54, 1.807) is 6.92 Å². The molecule has 2 N–H and O–H groups in total. The van der Waals surface area contributed by atoms with Crippen LogP contribution in [0.4, 0.5) is 11.4 Å². The highest BCUT2D eigenvalue weighted by molar-refractivity contribution is 5.76. The summed E-state index contributed by atoms with van der Waals surface area (Å²) in [6.45, 7) is 1.66. The number of ether oxygens (including phenoxy) is 1. The fourth-order valence-electron chi connectivity index (χ4n) is 1.33. The molecule has 16 heavy (non-hydrogen) atoms. The van der Waals surface area contributed by atoms with Gasteiger partial charge in [0.25, 0.3) is 5.69 Å². The summed E-state index contributed by atoms with van der Waals surface area (Å²) in [5.74, 6) is -0.480. The summed E-state index contributed by atoms with van der Waals surface area (Å²) < 4.78 is 4.49. The molecule has 0 fully saturated rings. The van der Waals surface area contributed by atoms with Gasteiger partial charge in [0, 0.05) is 17.8 Å². The number of hydrogen-bond donors (Lipinski definition) is 1. The van der Waals surface area contributed by atoms with Gasteiger partial charge in [-0.15, -0.1) is 0 Å². The third-order valence-electron chi connectivity index (χ3n) is 2.23. The van der Waals surface area contributed by atoms with Crippen molar-refractivity contribution in [1.82, 2.24) is 0 Å². The summed E-state index contributed by atoms with van der Waals surface area (Å²) in [5, 5.41) is 10.6. The zero-order valence-electron chi connectivity index (χ0n) is 9.02. The zero-order valence-corrected chi connectivity index (χ0v) is 9.02. The maximum atomic E-state index is 11.1. The fourth-order valence-corrected chi connectivity index (χ4v) is 1.33. The summed E-state index contributed by atoms with van der Waals surface area (Å²) in [6.07, 6.45) is -0.0646. The molecule has 0 aliphatic rings. The first kappa shape index (κ1) is 12.0. The Kier molecular flexibility index (Phi) is 3.44. The highest BCUT2D eigenvalue weighted by atomic mass is 16.6. The summed E-state index contributed by atoms with van der Waals surface area (Å²) in [4.78, 5) is 21.2. The first-order valence-corrected chi connectivity index (χ1v) is 4.56. The molecule has 0 amide bonds. The maximum absolute atomic E-state index is 11.1. The Balaban J connectivity index is 3.16. The Bertz CT molecular complexity index is 443. The van der Waals surface area contributed by atoms with Gasteiger partial charge in [-0.1, -0.05) is 0 Å². The lowest BCUT2D eigenvalue weighted by atomic mass is 10.0. The Labute approximate surface area is 92.2 Å². The van der Waals surface area contributed by atoms with Crippen molar-refractivity contribution in [2.75, 3.05) is 12.8 Å². The largest absolute Gasteiger partial charge is 0.469 e. The molecule has 0 aromatic heterocycles. The summed E-state index contributed by atoms with van der Waals surface area (Å²) in [7, 11) is 1.25. The van der Waals surface area contributed by atoms with E-state index in [2.05, 4.69) is 4.74 Å². The second-order valence-electron chi connectivity index (χ2n) is 3.35. The van der Waals surface area contributed by atoms with Gasteiger partial charge >= 0.3 is 5.97 Å². The van der Waals surface area contributed by atoms with E-state index in [0.717, 1.165) is 0 Å². The van der Waals surface area contributed by atoms with Crippen molar-refractivity contribution < 1.29 is 14.5 Å². The van der Waals surface area contributed by atoms with Crippen LogP contribution >= 0.6 is 0 Å². The molecule has 0 saturated carbocycles. The number of nitrogens with zero attached hydrogens (tertiary/aromatic N) is 1. The topological polar surface area (TPSA) is 95.5 Å². The second-order valence-corrected chi connectivity index (χ2v) is 3.35. The van der Waals surface area contributed by atoms with E-state index in [-0.39, 0.29) is 12.1 Å². The molecule has 0 heterocycles. The number of anilines is 1. The number of benzene rings is 1. The van der Waals surface area contributed by atoms with Gasteiger partial charge in [0.2, 0.25) is 0 Å². The predicted molar refractivity (Wildman–Crippen MR) is 58.0 cm³/mol. The number of nitro groups is 1. The van der Waals surface area contributed by atoms with E-state index in [1.807, 2.05) is 0 Å². The van der Waals surface area contributed by atoms with Crippen molar-refractivity contribution in [3.05, 3.63) is 33.4 Å². The minimum atomic E-state index is -0.521. The van der Waals surface area contributed by atoms with Crippen LogP contribution in [0.15, 0.2) is 12.1 Å². The van der Waals surface area contributed by atoms with E-state index in [4.69, 9.17) is 5.73 Å². The van der Waals surface area contributed by atoms with Crippen LogP contribution in [0.3, 0.4) is 0 Å². The smallest absolute Gasteiger partial charge is 0.310 e. The van der Waals surface area contributed by atoms with Crippen LogP contribution in [0, 0.1) is 17.0 Å². The number of hydrogen-bond acceptors (Lipinski definition) is 5. The molecule has 6 nitrogen and oxygen atoms in total. The van der Waals surface area contributed by atoms with Gasteiger partial charge in [-0.2, -0.15) is 0 Å². The van der Waals surface area contributed by atoms with Crippen LogP contribution in [-0.4, -0.2) is 18.0 Å². The van der Waals surface area contributed by atoms with Crippen molar-refractivity contribution in [2.24, 2.45) is 0 Å². The van der Waals surface area contributed by atoms with Crippen LogP contribution in [0.2, 0.25) is 0 Å². The van der Waals surface area contributed by atoms with Gasteiger partial charge in [0.15, 0.2) is 0 Å². The lowest BCUT2D eigenvalue weighted by Crippen LogP contribution is -2.08. The molecule has 1 rings (SSSR count). The number of nitro benzene ring substituents is 1. The zero-order chi connectivity index (χ0) is 12.3. The highest BCUT2D eigenvalue weighted by Crippen LogP contribution is 2.24. The molecule has 0 atom stereocenters. The van der Waals surface area contributed by atoms with Crippen molar-refractivity contribution in [2.45, 2.75) is 13.3 Å². The van der Waals surface area contributed by atoms with E-state index < -0.39 is 10.9 Å². The van der Waals surface area contributed by atoms with Crippen molar-refractivity contribution in [3.8, 4) is 0 Å². The number of non-ortho nitro benzene ring substituents is 1. The van der Waals surface area contributed by atoms with Crippen molar-refractivity contribution in [3.63, 3.8) is 0 Å². The molecular weight excluding hydrogens is 212 g/mol. The van der Waals surface area contributed by atoms with Crippen LogP contribution in [-0.2, 0) is 16.0 Å². The number of nitrogen functional groups attached to an aromatic ring is 1. The van der Waals surface area contributed by atoms with Gasteiger partial charge in [-0.05, 0) is 18.1 Å². The van der Waals surface area contributed by atoms with Crippen LogP contribution in [0.5, 0.6) is 0 Å². The molecule has 1 aromatic rings. The standard InChI is InChI=1S/C10H12N2O4/c1-6-3-8(12(14)15)4-7(10(6)11)5-9(13)16-2/h3-4H,5,11H2,1-2H3. The number of carbonyl (C=O) groups excluding carboxylic acids is 1. The van der Waals surface area contributed by atoms with E-state index in [1.165, 1.54) is 19.2 Å². The molecule has 1 aromatic carbocycles. The molecule has 0 aliphatic heterocycles. The van der Waals surface area contributed by atoms with Crippen LogP contribution in [0.1, 0.15) is 11.1 Å². The SMILES string of the molecule is COC(=O)Cc1cc([N+](=O)[O-])cc(C)c1N. The van der Waals surface area contributed by atoms with Gasteiger partial charge in [-0.25, -0.2) is 0 Å². The Morgan fingerprint density at radius 1 is 1.56 bits per heavy atom. The molecule has 0 aliphatic carbocycles. The van der Waals surface area contributed by atoms with Gasteiger partial charge in [-0.3, -0.25) is 14.9 Å². The van der Waals surface area contributed by atoms with Crippen LogP contribution < -0.4 is 5.73 Å². The minimum Gasteiger partial charge on any atom is -0.469 e. The van der Waals surface area contributed by atoms with Gasteiger partial charge in [0.05, 0.1) is 18.5 Å². The van der Waals surface area contributed by atoms with Gasteiger partial charge in [0.1, 0.15) is 0 Å².